The second-order valence-electron chi connectivity index (χ2n) is 5.42. The van der Waals surface area contributed by atoms with Crippen molar-refractivity contribution in [2.24, 2.45) is 17.4 Å². The van der Waals surface area contributed by atoms with Crippen molar-refractivity contribution >= 4 is 23.7 Å². The van der Waals surface area contributed by atoms with Gasteiger partial charge in [0.15, 0.2) is 0 Å². The van der Waals surface area contributed by atoms with E-state index in [0.29, 0.717) is 0 Å². The second kappa shape index (κ2) is 8.98. The van der Waals surface area contributed by atoms with E-state index >= 15 is 0 Å². The van der Waals surface area contributed by atoms with Crippen LogP contribution in [0.5, 0.6) is 0 Å². The highest BCUT2D eigenvalue weighted by molar-refractivity contribution is 5.92. The Hall–Kier alpha value is -2.16. The number of carbonyl (C=O) groups excluding carboxylic acids is 3. The van der Waals surface area contributed by atoms with E-state index in [0.717, 1.165) is 0 Å². The van der Waals surface area contributed by atoms with Gasteiger partial charge >= 0.3 is 5.97 Å². The highest BCUT2D eigenvalue weighted by Crippen LogP contribution is 2.05. The van der Waals surface area contributed by atoms with E-state index in [9.17, 15) is 19.2 Å². The summed E-state index contributed by atoms with van der Waals surface area (Å²) in [6.45, 7) is 4.71. The van der Waals surface area contributed by atoms with Crippen LogP contribution in [-0.2, 0) is 19.2 Å². The maximum Gasteiger partial charge on any atom is 0.326 e. The van der Waals surface area contributed by atoms with Crippen LogP contribution >= 0.6 is 0 Å². The van der Waals surface area contributed by atoms with Crippen molar-refractivity contribution in [1.82, 2.24) is 10.6 Å². The number of primary amides is 1. The molecule has 126 valence electrons. The summed E-state index contributed by atoms with van der Waals surface area (Å²) in [6, 6.07) is -3.02. The molecule has 9 nitrogen and oxygen atoms in total. The van der Waals surface area contributed by atoms with Gasteiger partial charge in [-0.25, -0.2) is 4.79 Å². The SMILES string of the molecule is CC(N)C(=O)NC(CCC(N)=O)C(=O)NC(C(=O)O)C(C)C. The number of nitrogens with one attached hydrogen (secondary N) is 2. The van der Waals surface area contributed by atoms with Gasteiger partial charge in [0, 0.05) is 6.42 Å². The molecule has 3 atom stereocenters. The molecule has 0 heterocycles. The topological polar surface area (TPSA) is 165 Å². The van der Waals surface area contributed by atoms with Crippen LogP contribution < -0.4 is 22.1 Å². The molecule has 0 fully saturated rings. The van der Waals surface area contributed by atoms with Gasteiger partial charge in [-0.05, 0) is 19.3 Å². The summed E-state index contributed by atoms with van der Waals surface area (Å²) in [4.78, 5) is 45.7. The first-order valence-corrected chi connectivity index (χ1v) is 6.93. The maximum atomic E-state index is 12.2. The van der Waals surface area contributed by atoms with E-state index in [2.05, 4.69) is 10.6 Å². The predicted molar refractivity (Wildman–Crippen MR) is 78.4 cm³/mol. The van der Waals surface area contributed by atoms with Crippen molar-refractivity contribution in [2.75, 3.05) is 0 Å². The van der Waals surface area contributed by atoms with E-state index in [1.165, 1.54) is 6.92 Å². The van der Waals surface area contributed by atoms with Gasteiger partial charge in [0.1, 0.15) is 12.1 Å². The summed E-state index contributed by atoms with van der Waals surface area (Å²) in [7, 11) is 0. The zero-order chi connectivity index (χ0) is 17.4. The molecular weight excluding hydrogens is 292 g/mol. The molecule has 3 amide bonds. The van der Waals surface area contributed by atoms with E-state index < -0.39 is 41.8 Å². The first-order chi connectivity index (χ1) is 10.1. The lowest BCUT2D eigenvalue weighted by Gasteiger charge is -2.23. The van der Waals surface area contributed by atoms with Gasteiger partial charge in [-0.3, -0.25) is 14.4 Å². The van der Waals surface area contributed by atoms with Gasteiger partial charge in [-0.1, -0.05) is 13.8 Å². The van der Waals surface area contributed by atoms with Crippen molar-refractivity contribution in [3.05, 3.63) is 0 Å². The lowest BCUT2D eigenvalue weighted by atomic mass is 10.0. The van der Waals surface area contributed by atoms with Crippen LogP contribution in [0.25, 0.3) is 0 Å². The average molecular weight is 316 g/mol. The molecule has 0 aromatic carbocycles. The minimum absolute atomic E-state index is 0.0376. The first kappa shape index (κ1) is 19.8. The molecule has 3 unspecified atom stereocenters. The van der Waals surface area contributed by atoms with Crippen LogP contribution in [0.1, 0.15) is 33.6 Å². The maximum absolute atomic E-state index is 12.2. The zero-order valence-corrected chi connectivity index (χ0v) is 13.0. The van der Waals surface area contributed by atoms with Crippen LogP contribution in [0.3, 0.4) is 0 Å². The molecule has 0 aliphatic heterocycles. The number of hydrogen-bond donors (Lipinski definition) is 5. The Morgan fingerprint density at radius 2 is 1.59 bits per heavy atom. The lowest BCUT2D eigenvalue weighted by molar-refractivity contribution is -0.143. The van der Waals surface area contributed by atoms with Crippen molar-refractivity contribution in [2.45, 2.75) is 51.7 Å². The van der Waals surface area contributed by atoms with Gasteiger partial charge in [-0.2, -0.15) is 0 Å². The number of amides is 3. The summed E-state index contributed by atoms with van der Waals surface area (Å²) in [5, 5.41) is 13.8. The smallest absolute Gasteiger partial charge is 0.326 e. The average Bonchev–Trinajstić information content (AvgIpc) is 2.38. The van der Waals surface area contributed by atoms with Crippen molar-refractivity contribution in [3.63, 3.8) is 0 Å². The fourth-order valence-corrected chi connectivity index (χ4v) is 1.63. The molecular formula is C13H24N4O5. The molecule has 0 aliphatic rings. The Balaban J connectivity index is 4.97. The summed E-state index contributed by atoms with van der Waals surface area (Å²) in [5.41, 5.74) is 10.4. The zero-order valence-electron chi connectivity index (χ0n) is 13.0. The Labute approximate surface area is 128 Å². The molecule has 0 rings (SSSR count). The molecule has 0 aliphatic carbocycles. The number of aliphatic carboxylic acids is 1. The molecule has 0 spiro atoms. The molecule has 0 aromatic heterocycles. The van der Waals surface area contributed by atoms with Crippen molar-refractivity contribution in [3.8, 4) is 0 Å². The van der Waals surface area contributed by atoms with Crippen LogP contribution in [0.4, 0.5) is 0 Å². The predicted octanol–water partition coefficient (Wildman–Crippen LogP) is -1.69. The molecule has 9 heteroatoms. The molecule has 0 saturated carbocycles. The van der Waals surface area contributed by atoms with Gasteiger partial charge in [-0.15, -0.1) is 0 Å². The van der Waals surface area contributed by atoms with Gasteiger partial charge in [0.05, 0.1) is 6.04 Å². The van der Waals surface area contributed by atoms with Crippen LogP contribution in [0.15, 0.2) is 0 Å². The normalized spacial score (nSPS) is 14.8. The van der Waals surface area contributed by atoms with Crippen LogP contribution in [0, 0.1) is 5.92 Å². The third-order valence-corrected chi connectivity index (χ3v) is 2.96. The Bertz CT molecular complexity index is 436. The molecule has 22 heavy (non-hydrogen) atoms. The summed E-state index contributed by atoms with van der Waals surface area (Å²) in [5.74, 6) is -3.44. The number of rotatable bonds is 9. The second-order valence-corrected chi connectivity index (χ2v) is 5.42. The van der Waals surface area contributed by atoms with Crippen molar-refractivity contribution in [1.29, 1.82) is 0 Å². The summed E-state index contributed by atoms with van der Waals surface area (Å²) in [6.07, 6.45) is -0.166. The van der Waals surface area contributed by atoms with E-state index in [1.54, 1.807) is 13.8 Å². The Morgan fingerprint density at radius 1 is 1.05 bits per heavy atom. The minimum atomic E-state index is -1.18. The standard InChI is InChI=1S/C13H24N4O5/c1-6(2)10(13(21)22)17-12(20)8(4-5-9(15)18)16-11(19)7(3)14/h6-8,10H,4-5,14H2,1-3H3,(H2,15,18)(H,16,19)(H,17,20)(H,21,22). The highest BCUT2D eigenvalue weighted by Gasteiger charge is 2.29. The highest BCUT2D eigenvalue weighted by atomic mass is 16.4. The van der Waals surface area contributed by atoms with Crippen LogP contribution in [0.2, 0.25) is 0 Å². The van der Waals surface area contributed by atoms with Gasteiger partial charge < -0.3 is 27.2 Å². The van der Waals surface area contributed by atoms with Gasteiger partial charge in [0.2, 0.25) is 17.7 Å². The van der Waals surface area contributed by atoms with E-state index in [-0.39, 0.29) is 18.8 Å². The Kier molecular flexibility index (Phi) is 8.10. The third-order valence-electron chi connectivity index (χ3n) is 2.96. The van der Waals surface area contributed by atoms with Crippen LogP contribution in [-0.4, -0.2) is 46.9 Å². The number of carbonyl (C=O) groups is 4. The minimum Gasteiger partial charge on any atom is -0.480 e. The molecule has 7 N–H and O–H groups in total. The Morgan fingerprint density at radius 3 is 1.95 bits per heavy atom. The summed E-state index contributed by atoms with van der Waals surface area (Å²) < 4.78 is 0. The largest absolute Gasteiger partial charge is 0.480 e. The lowest BCUT2D eigenvalue weighted by Crippen LogP contribution is -2.55. The monoisotopic (exact) mass is 316 g/mol. The molecule has 0 aromatic rings. The van der Waals surface area contributed by atoms with E-state index in [1.807, 2.05) is 0 Å². The molecule has 0 saturated heterocycles. The van der Waals surface area contributed by atoms with Crippen molar-refractivity contribution < 1.29 is 24.3 Å². The quantitative estimate of drug-likeness (QED) is 0.340. The van der Waals surface area contributed by atoms with E-state index in [4.69, 9.17) is 16.6 Å². The third kappa shape index (κ3) is 7.02. The fraction of sp³-hybridized carbons (Fsp3) is 0.692. The first-order valence-electron chi connectivity index (χ1n) is 6.93. The molecule has 0 radical (unpaired) electrons. The fourth-order valence-electron chi connectivity index (χ4n) is 1.63. The number of nitrogens with two attached hydrogens (primary N) is 2. The molecule has 0 bridgehead atoms. The number of hydrogen-bond acceptors (Lipinski definition) is 5. The number of carboxylic acids is 1. The summed E-state index contributed by atoms with van der Waals surface area (Å²) >= 11 is 0. The number of carboxylic acid groups (broad SMARTS) is 1. The van der Waals surface area contributed by atoms with Gasteiger partial charge in [0.25, 0.3) is 0 Å².